The molecule has 0 amide bonds. The number of benzene rings is 4. The number of rotatable bonds is 4. The van der Waals surface area contributed by atoms with Gasteiger partial charge < -0.3 is 0 Å². The lowest BCUT2D eigenvalue weighted by atomic mass is 10.1. The summed E-state index contributed by atoms with van der Waals surface area (Å²) >= 11 is 6.66. The van der Waals surface area contributed by atoms with E-state index in [0.29, 0.717) is 0 Å². The number of hydrogen-bond acceptors (Lipinski definition) is 2. The van der Waals surface area contributed by atoms with Crippen LogP contribution in [0.25, 0.3) is 33.6 Å². The maximum Gasteiger partial charge on any atom is 0.224 e. The second kappa shape index (κ2) is 9.21. The van der Waals surface area contributed by atoms with E-state index < -0.39 is 8.07 Å². The van der Waals surface area contributed by atoms with E-state index in [1.165, 1.54) is 10.4 Å². The molecule has 0 fully saturated rings. The molecule has 0 unspecified atom stereocenters. The molecule has 0 atom stereocenters. The molecule has 0 N–H and O–H groups in total. The SMILES string of the molecule is Clc1cccc([Si]2(c3ccccc3)c3nc(-c4ccccc4)ccc3-c3ccc(-c4ccccc4)nc32)c1. The second-order valence-corrected chi connectivity index (χ2v) is 13.6. The molecule has 2 nitrogen and oxygen atoms in total. The Balaban J connectivity index is 1.60. The van der Waals surface area contributed by atoms with E-state index in [-0.39, 0.29) is 0 Å². The summed E-state index contributed by atoms with van der Waals surface area (Å²) in [5, 5.41) is 5.38. The summed E-state index contributed by atoms with van der Waals surface area (Å²) < 4.78 is 0. The largest absolute Gasteiger partial charge is 0.256 e. The van der Waals surface area contributed by atoms with E-state index in [4.69, 9.17) is 21.6 Å². The molecule has 180 valence electrons. The lowest BCUT2D eigenvalue weighted by Gasteiger charge is -2.29. The summed E-state index contributed by atoms with van der Waals surface area (Å²) in [5.41, 5.74) is 6.45. The van der Waals surface area contributed by atoms with Gasteiger partial charge in [0.15, 0.2) is 0 Å². The Morgan fingerprint density at radius 3 is 1.42 bits per heavy atom. The maximum absolute atomic E-state index is 6.66. The van der Waals surface area contributed by atoms with Crippen LogP contribution in [0.3, 0.4) is 0 Å². The van der Waals surface area contributed by atoms with Crippen molar-refractivity contribution in [3.05, 3.63) is 145 Å². The molecule has 1 aliphatic rings. The fraction of sp³-hybridized carbons (Fsp3) is 0. The molecule has 0 saturated heterocycles. The summed E-state index contributed by atoms with van der Waals surface area (Å²) in [5.74, 6) is 0. The molecular weight excluding hydrogens is 500 g/mol. The highest BCUT2D eigenvalue weighted by atomic mass is 35.5. The third kappa shape index (κ3) is 3.55. The van der Waals surface area contributed by atoms with E-state index in [0.717, 1.165) is 49.3 Å². The zero-order chi connectivity index (χ0) is 25.5. The molecule has 6 aromatic rings. The van der Waals surface area contributed by atoms with Gasteiger partial charge in [-0.1, -0.05) is 127 Å². The monoisotopic (exact) mass is 522 g/mol. The Hall–Kier alpha value is -4.31. The molecule has 4 heteroatoms. The van der Waals surface area contributed by atoms with Crippen LogP contribution in [0, 0.1) is 0 Å². The molecule has 7 rings (SSSR count). The van der Waals surface area contributed by atoms with Crippen LogP contribution in [0.15, 0.2) is 140 Å². The smallest absolute Gasteiger partial charge is 0.224 e. The normalized spacial score (nSPS) is 13.1. The van der Waals surface area contributed by atoms with Crippen LogP contribution in [-0.4, -0.2) is 18.0 Å². The van der Waals surface area contributed by atoms with E-state index in [2.05, 4.69) is 121 Å². The van der Waals surface area contributed by atoms with Crippen LogP contribution in [0.1, 0.15) is 0 Å². The average molecular weight is 523 g/mol. The average Bonchev–Trinajstić information content (AvgIpc) is 3.28. The maximum atomic E-state index is 6.66. The highest BCUT2D eigenvalue weighted by Gasteiger charge is 2.52. The summed E-state index contributed by atoms with van der Waals surface area (Å²) in [6.45, 7) is 0. The molecule has 0 radical (unpaired) electrons. The quantitative estimate of drug-likeness (QED) is 0.272. The topological polar surface area (TPSA) is 25.8 Å². The molecule has 0 saturated carbocycles. The van der Waals surface area contributed by atoms with Gasteiger partial charge in [-0.3, -0.25) is 9.97 Å². The van der Waals surface area contributed by atoms with Crippen molar-refractivity contribution in [2.75, 3.05) is 0 Å². The summed E-state index contributed by atoms with van der Waals surface area (Å²) in [7, 11) is -2.89. The van der Waals surface area contributed by atoms with Gasteiger partial charge in [0, 0.05) is 37.9 Å². The van der Waals surface area contributed by atoms with Gasteiger partial charge in [0.1, 0.15) is 0 Å². The lowest BCUT2D eigenvalue weighted by Crippen LogP contribution is -2.74. The highest BCUT2D eigenvalue weighted by molar-refractivity contribution is 7.21. The third-order valence-electron chi connectivity index (χ3n) is 7.39. The van der Waals surface area contributed by atoms with Crippen molar-refractivity contribution >= 4 is 40.7 Å². The first-order valence-corrected chi connectivity index (χ1v) is 15.1. The van der Waals surface area contributed by atoms with Gasteiger partial charge in [-0.2, -0.15) is 0 Å². The van der Waals surface area contributed by atoms with Crippen LogP contribution in [0.4, 0.5) is 0 Å². The van der Waals surface area contributed by atoms with E-state index in [1.54, 1.807) is 0 Å². The predicted molar refractivity (Wildman–Crippen MR) is 161 cm³/mol. The minimum absolute atomic E-state index is 0.721. The molecule has 0 spiro atoms. The lowest BCUT2D eigenvalue weighted by molar-refractivity contribution is 1.37. The fourth-order valence-electron chi connectivity index (χ4n) is 5.70. The number of halogens is 1. The second-order valence-electron chi connectivity index (χ2n) is 9.54. The van der Waals surface area contributed by atoms with Gasteiger partial charge >= 0.3 is 0 Å². The zero-order valence-corrected chi connectivity index (χ0v) is 22.3. The van der Waals surface area contributed by atoms with Gasteiger partial charge in [-0.25, -0.2) is 0 Å². The summed E-state index contributed by atoms with van der Waals surface area (Å²) in [4.78, 5) is 10.9. The van der Waals surface area contributed by atoms with Crippen LogP contribution >= 0.6 is 11.6 Å². The highest BCUT2D eigenvalue weighted by Crippen LogP contribution is 2.31. The Morgan fingerprint density at radius 2 is 0.921 bits per heavy atom. The Bertz CT molecular complexity index is 1680. The predicted octanol–water partition coefficient (Wildman–Crippen LogP) is 5.82. The zero-order valence-electron chi connectivity index (χ0n) is 20.6. The van der Waals surface area contributed by atoms with Crippen molar-refractivity contribution in [3.8, 4) is 33.6 Å². The molecular formula is C34H23ClN2Si. The number of pyridine rings is 2. The number of nitrogens with zero attached hydrogens (tertiary/aromatic N) is 2. The van der Waals surface area contributed by atoms with Crippen molar-refractivity contribution in [2.45, 2.75) is 0 Å². The minimum Gasteiger partial charge on any atom is -0.256 e. The van der Waals surface area contributed by atoms with Crippen LogP contribution in [0.2, 0.25) is 5.02 Å². The molecule has 1 aliphatic heterocycles. The molecule has 0 bridgehead atoms. The third-order valence-corrected chi connectivity index (χ3v) is 12.2. The molecule has 2 aromatic heterocycles. The fourth-order valence-corrected chi connectivity index (χ4v) is 10.9. The first-order valence-electron chi connectivity index (χ1n) is 12.7. The minimum atomic E-state index is -2.89. The first kappa shape index (κ1) is 22.9. The number of hydrogen-bond donors (Lipinski definition) is 0. The van der Waals surface area contributed by atoms with Gasteiger partial charge in [-0.15, -0.1) is 0 Å². The van der Waals surface area contributed by atoms with E-state index >= 15 is 0 Å². The van der Waals surface area contributed by atoms with Crippen molar-refractivity contribution in [2.24, 2.45) is 0 Å². The molecule has 3 heterocycles. The van der Waals surface area contributed by atoms with Gasteiger partial charge in [0.25, 0.3) is 0 Å². The Labute approximate surface area is 228 Å². The van der Waals surface area contributed by atoms with Gasteiger partial charge in [-0.05, 0) is 34.6 Å². The first-order chi connectivity index (χ1) is 18.7. The number of aromatic nitrogens is 2. The summed E-state index contributed by atoms with van der Waals surface area (Å²) in [6.07, 6.45) is 0. The van der Waals surface area contributed by atoms with Gasteiger partial charge in [0.05, 0.1) is 11.4 Å². The molecule has 38 heavy (non-hydrogen) atoms. The van der Waals surface area contributed by atoms with Crippen molar-refractivity contribution in [3.63, 3.8) is 0 Å². The van der Waals surface area contributed by atoms with Crippen molar-refractivity contribution in [1.29, 1.82) is 0 Å². The van der Waals surface area contributed by atoms with Gasteiger partial charge in [0.2, 0.25) is 8.07 Å². The van der Waals surface area contributed by atoms with E-state index in [1.807, 2.05) is 18.2 Å². The van der Waals surface area contributed by atoms with Crippen LogP contribution in [-0.2, 0) is 0 Å². The number of fused-ring (bicyclic) bond motifs is 3. The molecule has 0 aliphatic carbocycles. The standard InChI is InChI=1S/C34H23ClN2Si/c35-26-15-10-18-28(23-26)38(27-16-8-3-9-17-27)33-29(19-21-31(36-33)24-11-4-1-5-12-24)30-20-22-32(37-34(30)38)25-13-6-2-7-14-25/h1-23H. The van der Waals surface area contributed by atoms with Crippen LogP contribution < -0.4 is 21.0 Å². The Kier molecular flexibility index (Phi) is 5.54. The molecule has 4 aromatic carbocycles. The van der Waals surface area contributed by atoms with Crippen molar-refractivity contribution < 1.29 is 0 Å². The summed E-state index contributed by atoms with van der Waals surface area (Å²) in [6, 6.07) is 48.6. The Morgan fingerprint density at radius 1 is 0.447 bits per heavy atom. The van der Waals surface area contributed by atoms with Crippen LogP contribution in [0.5, 0.6) is 0 Å². The van der Waals surface area contributed by atoms with Crippen molar-refractivity contribution in [1.82, 2.24) is 9.97 Å². The van der Waals surface area contributed by atoms with E-state index in [9.17, 15) is 0 Å².